The molecule has 194 valence electrons. The molecule has 3 aliphatic rings. The summed E-state index contributed by atoms with van der Waals surface area (Å²) in [4.78, 5) is 37.4. The fourth-order valence-electron chi connectivity index (χ4n) is 3.99. The zero-order chi connectivity index (χ0) is 26.2. The van der Waals surface area contributed by atoms with Gasteiger partial charge in [-0.25, -0.2) is 4.79 Å². The maximum Gasteiger partial charge on any atom is 0.416 e. The number of rotatable bonds is 5. The maximum absolute atomic E-state index is 12.6. The number of hydrogen-bond acceptors (Lipinski definition) is 6. The number of benzene rings is 1. The first-order valence-electron chi connectivity index (χ1n) is 11.4. The standard InChI is InChI=1S/C17H21F3N4O2.C7H9N3/c1-23-8-6-16(7-9-23)11-24(15(26)22-16)10-14(25)21-13-4-2-12(3-5-13)17(18,19)20;1-8-2-5-10-6-3-9-4-7-10/h2-5H,6-11H2,1H3,(H,21,25)(H,22,26);2-6H,1,7H2/b;5-2-. The van der Waals surface area contributed by atoms with E-state index >= 15 is 0 Å². The fraction of sp³-hybridized carbons (Fsp3) is 0.417. The first kappa shape index (κ1) is 26.9. The van der Waals surface area contributed by atoms with Gasteiger partial charge in [0.1, 0.15) is 6.54 Å². The van der Waals surface area contributed by atoms with Gasteiger partial charge in [0, 0.05) is 56.3 Å². The zero-order valence-electron chi connectivity index (χ0n) is 20.0. The molecule has 1 spiro atoms. The molecule has 2 fully saturated rings. The summed E-state index contributed by atoms with van der Waals surface area (Å²) in [6, 6.07) is 3.93. The smallest absolute Gasteiger partial charge is 0.346 e. The van der Waals surface area contributed by atoms with E-state index in [0.29, 0.717) is 6.54 Å². The second kappa shape index (κ2) is 11.8. The molecule has 0 unspecified atom stereocenters. The van der Waals surface area contributed by atoms with Crippen LogP contribution in [0.3, 0.4) is 0 Å². The molecule has 2 N–H and O–H groups in total. The molecule has 0 radical (unpaired) electrons. The Kier molecular flexibility index (Phi) is 8.86. The molecule has 2 saturated heterocycles. The Balaban J connectivity index is 0.000000303. The Hall–Kier alpha value is -3.67. The van der Waals surface area contributed by atoms with Crippen molar-refractivity contribution in [2.75, 3.05) is 45.1 Å². The van der Waals surface area contributed by atoms with Crippen LogP contribution in [0.25, 0.3) is 0 Å². The van der Waals surface area contributed by atoms with Crippen molar-refractivity contribution in [3.8, 4) is 0 Å². The molecule has 4 rings (SSSR count). The third-order valence-corrected chi connectivity index (χ3v) is 6.03. The summed E-state index contributed by atoms with van der Waals surface area (Å²) in [7, 11) is 2.03. The first-order valence-corrected chi connectivity index (χ1v) is 11.4. The molecule has 0 bridgehead atoms. The molecule has 0 aliphatic carbocycles. The van der Waals surface area contributed by atoms with E-state index in [1.165, 1.54) is 17.0 Å². The number of nitrogens with zero attached hydrogens (tertiary/aromatic N) is 5. The molecule has 3 heterocycles. The Morgan fingerprint density at radius 3 is 2.56 bits per heavy atom. The number of hydrogen-bond donors (Lipinski definition) is 2. The molecule has 3 amide bonds. The van der Waals surface area contributed by atoms with Crippen molar-refractivity contribution in [1.82, 2.24) is 20.0 Å². The summed E-state index contributed by atoms with van der Waals surface area (Å²) in [5.41, 5.74) is -0.812. The monoisotopic (exact) mass is 505 g/mol. The number of urea groups is 1. The highest BCUT2D eigenvalue weighted by molar-refractivity contribution is 5.94. The quantitative estimate of drug-likeness (QED) is 0.602. The number of anilines is 1. The summed E-state index contributed by atoms with van der Waals surface area (Å²) >= 11 is 0. The largest absolute Gasteiger partial charge is 0.416 e. The van der Waals surface area contributed by atoms with Gasteiger partial charge in [0.25, 0.3) is 0 Å². The van der Waals surface area contributed by atoms with E-state index < -0.39 is 17.6 Å². The van der Waals surface area contributed by atoms with E-state index in [1.807, 2.05) is 30.6 Å². The summed E-state index contributed by atoms with van der Waals surface area (Å²) in [6.45, 7) is 6.22. The topological polar surface area (TPSA) is 92.6 Å². The first-order chi connectivity index (χ1) is 17.1. The van der Waals surface area contributed by atoms with Gasteiger partial charge in [-0.05, 0) is 50.9 Å². The molecule has 9 nitrogen and oxygen atoms in total. The third-order valence-electron chi connectivity index (χ3n) is 6.03. The van der Waals surface area contributed by atoms with E-state index in [9.17, 15) is 22.8 Å². The number of carbonyl (C=O) groups excluding carboxylic acids is 2. The van der Waals surface area contributed by atoms with Gasteiger partial charge >= 0.3 is 12.2 Å². The van der Waals surface area contributed by atoms with Gasteiger partial charge < -0.3 is 25.3 Å². The molecule has 12 heteroatoms. The average Bonchev–Trinajstić information content (AvgIpc) is 3.15. The number of piperidine rings is 1. The van der Waals surface area contributed by atoms with Crippen molar-refractivity contribution >= 4 is 30.6 Å². The number of likely N-dealkylation sites (tertiary alicyclic amines) is 1. The Labute approximate surface area is 208 Å². The van der Waals surface area contributed by atoms with Gasteiger partial charge in [-0.15, -0.1) is 0 Å². The molecule has 0 aromatic heterocycles. The lowest BCUT2D eigenvalue weighted by molar-refractivity contribution is -0.137. The summed E-state index contributed by atoms with van der Waals surface area (Å²) in [5, 5.41) is 5.52. The number of amides is 3. The molecule has 0 atom stereocenters. The van der Waals surface area contributed by atoms with Gasteiger partial charge in [-0.2, -0.15) is 13.2 Å². The number of halogens is 3. The van der Waals surface area contributed by atoms with Crippen LogP contribution in [0.5, 0.6) is 0 Å². The number of nitrogens with one attached hydrogen (secondary N) is 2. The lowest BCUT2D eigenvalue weighted by atomic mass is 9.88. The number of aliphatic imine (C=N–C) groups is 2. The van der Waals surface area contributed by atoms with Gasteiger partial charge in [-0.3, -0.25) is 14.8 Å². The SMILES string of the molecule is C=N/C=C\N1C=CN=CC1.CN1CCC2(CC1)CN(CC(=O)Nc1ccc(C(F)(F)F)cc1)C(=O)N2. The van der Waals surface area contributed by atoms with Crippen molar-refractivity contribution < 1.29 is 22.8 Å². The molecule has 3 aliphatic heterocycles. The van der Waals surface area contributed by atoms with Crippen LogP contribution in [-0.2, 0) is 11.0 Å². The van der Waals surface area contributed by atoms with Crippen molar-refractivity contribution in [1.29, 1.82) is 0 Å². The van der Waals surface area contributed by atoms with E-state index in [4.69, 9.17) is 0 Å². The lowest BCUT2D eigenvalue weighted by Crippen LogP contribution is -2.51. The highest BCUT2D eigenvalue weighted by Crippen LogP contribution is 2.30. The molecule has 36 heavy (non-hydrogen) atoms. The Morgan fingerprint density at radius 1 is 1.28 bits per heavy atom. The van der Waals surface area contributed by atoms with Crippen LogP contribution in [0.15, 0.2) is 59.1 Å². The van der Waals surface area contributed by atoms with E-state index in [0.717, 1.165) is 44.6 Å². The minimum Gasteiger partial charge on any atom is -0.346 e. The van der Waals surface area contributed by atoms with Gasteiger partial charge in [0.2, 0.25) is 5.91 Å². The van der Waals surface area contributed by atoms with Crippen molar-refractivity contribution in [3.05, 3.63) is 54.6 Å². The van der Waals surface area contributed by atoms with Crippen LogP contribution < -0.4 is 10.6 Å². The van der Waals surface area contributed by atoms with Crippen LogP contribution >= 0.6 is 0 Å². The van der Waals surface area contributed by atoms with Gasteiger partial charge in [-0.1, -0.05) is 0 Å². The summed E-state index contributed by atoms with van der Waals surface area (Å²) in [5.74, 6) is -0.440. The minimum atomic E-state index is -4.42. The molecule has 1 aromatic carbocycles. The van der Waals surface area contributed by atoms with Gasteiger partial charge in [0.05, 0.1) is 17.6 Å². The van der Waals surface area contributed by atoms with E-state index in [2.05, 4.69) is 32.2 Å². The summed E-state index contributed by atoms with van der Waals surface area (Å²) < 4.78 is 37.7. The van der Waals surface area contributed by atoms with Crippen LogP contribution in [0, 0.1) is 0 Å². The zero-order valence-corrected chi connectivity index (χ0v) is 20.0. The van der Waals surface area contributed by atoms with Crippen molar-refractivity contribution in [2.24, 2.45) is 9.98 Å². The molecule has 0 saturated carbocycles. The Morgan fingerprint density at radius 2 is 1.97 bits per heavy atom. The van der Waals surface area contributed by atoms with Crippen LogP contribution in [0.2, 0.25) is 0 Å². The summed E-state index contributed by atoms with van der Waals surface area (Å²) in [6.07, 6.45) is 6.15. The highest BCUT2D eigenvalue weighted by atomic mass is 19.4. The van der Waals surface area contributed by atoms with Crippen LogP contribution in [-0.4, -0.2) is 84.9 Å². The average molecular weight is 506 g/mol. The third kappa shape index (κ3) is 7.67. The van der Waals surface area contributed by atoms with Crippen LogP contribution in [0.1, 0.15) is 18.4 Å². The molecule has 1 aromatic rings. The fourth-order valence-corrected chi connectivity index (χ4v) is 3.99. The predicted molar refractivity (Wildman–Crippen MR) is 133 cm³/mol. The maximum atomic E-state index is 12.6. The Bertz CT molecular complexity index is 1010. The molecular weight excluding hydrogens is 475 g/mol. The van der Waals surface area contributed by atoms with E-state index in [1.54, 1.807) is 12.4 Å². The van der Waals surface area contributed by atoms with Crippen molar-refractivity contribution in [3.63, 3.8) is 0 Å². The van der Waals surface area contributed by atoms with Gasteiger partial charge in [0.15, 0.2) is 0 Å². The van der Waals surface area contributed by atoms with Crippen LogP contribution in [0.4, 0.5) is 23.7 Å². The number of carbonyl (C=O) groups is 2. The molecular formula is C24H30F3N7O2. The van der Waals surface area contributed by atoms with Crippen molar-refractivity contribution in [2.45, 2.75) is 24.6 Å². The lowest BCUT2D eigenvalue weighted by Gasteiger charge is -2.37. The van der Waals surface area contributed by atoms with E-state index in [-0.39, 0.29) is 23.8 Å². The minimum absolute atomic E-state index is 0.134. The normalized spacial score (nSPS) is 19.3. The number of alkyl halides is 3. The second-order valence-corrected chi connectivity index (χ2v) is 8.80. The second-order valence-electron chi connectivity index (χ2n) is 8.80. The highest BCUT2D eigenvalue weighted by Gasteiger charge is 2.44. The predicted octanol–water partition coefficient (Wildman–Crippen LogP) is 3.15.